The second-order valence-electron chi connectivity index (χ2n) is 4.18. The lowest BCUT2D eigenvalue weighted by Gasteiger charge is -2.24. The van der Waals surface area contributed by atoms with Crippen molar-refractivity contribution in [2.75, 3.05) is 19.0 Å². The van der Waals surface area contributed by atoms with Crippen molar-refractivity contribution in [1.82, 2.24) is 4.98 Å². The molecule has 1 atom stereocenters. The summed E-state index contributed by atoms with van der Waals surface area (Å²) in [7, 11) is 1.51. The fourth-order valence-electron chi connectivity index (χ4n) is 1.38. The van der Waals surface area contributed by atoms with E-state index in [4.69, 9.17) is 10.5 Å². The van der Waals surface area contributed by atoms with Crippen LogP contribution >= 0.6 is 0 Å². The van der Waals surface area contributed by atoms with Gasteiger partial charge in [0.25, 0.3) is 5.91 Å². The Kier molecular flexibility index (Phi) is 5.49. The number of ether oxygens (including phenoxy) is 1. The first-order chi connectivity index (χ1) is 9.05. The van der Waals surface area contributed by atoms with Crippen LogP contribution in [0.2, 0.25) is 0 Å². The van der Waals surface area contributed by atoms with Gasteiger partial charge in [0.2, 0.25) is 0 Å². The molecule has 0 bridgehead atoms. The van der Waals surface area contributed by atoms with Gasteiger partial charge in [0.05, 0.1) is 6.54 Å². The highest BCUT2D eigenvalue weighted by molar-refractivity contribution is 5.96. The fraction of sp³-hybridized carbons (Fsp3) is 0.429. The third-order valence-corrected chi connectivity index (χ3v) is 2.94. The van der Waals surface area contributed by atoms with Gasteiger partial charge in [-0.3, -0.25) is 4.79 Å². The van der Waals surface area contributed by atoms with E-state index in [-0.39, 0.29) is 5.91 Å². The summed E-state index contributed by atoms with van der Waals surface area (Å²) in [5.74, 6) is 5.86. The molecule has 5 heteroatoms. The van der Waals surface area contributed by atoms with Crippen LogP contribution in [0.15, 0.2) is 18.3 Å². The van der Waals surface area contributed by atoms with Crippen LogP contribution in [0, 0.1) is 11.8 Å². The molecule has 0 saturated carbocycles. The van der Waals surface area contributed by atoms with Gasteiger partial charge in [-0.1, -0.05) is 18.8 Å². The van der Waals surface area contributed by atoms with Gasteiger partial charge >= 0.3 is 0 Å². The van der Waals surface area contributed by atoms with Gasteiger partial charge in [-0.2, -0.15) is 0 Å². The number of anilines is 1. The van der Waals surface area contributed by atoms with Crippen molar-refractivity contribution in [3.8, 4) is 11.8 Å². The molecule has 1 aromatic rings. The third kappa shape index (κ3) is 4.05. The molecule has 0 aliphatic heterocycles. The zero-order valence-electron chi connectivity index (χ0n) is 11.5. The summed E-state index contributed by atoms with van der Waals surface area (Å²) in [6.07, 6.45) is 2.16. The topological polar surface area (TPSA) is 77.2 Å². The molecule has 0 saturated heterocycles. The standard InChI is InChI=1S/C14H19N3O2/c1-4-14(2,19-3)13(18)17-12-10-11(6-5-8-15)7-9-16-12/h7,9-10H,4,8,15H2,1-3H3,(H,16,17,18). The SMILES string of the molecule is CCC(C)(OC)C(=O)Nc1cc(C#CCN)ccn1. The minimum atomic E-state index is -0.860. The van der Waals surface area contributed by atoms with E-state index in [1.807, 2.05) is 6.92 Å². The van der Waals surface area contributed by atoms with Gasteiger partial charge < -0.3 is 15.8 Å². The number of hydrogen-bond acceptors (Lipinski definition) is 4. The molecule has 0 aromatic carbocycles. The summed E-state index contributed by atoms with van der Waals surface area (Å²) in [5, 5.41) is 2.73. The molecule has 1 amide bonds. The highest BCUT2D eigenvalue weighted by atomic mass is 16.5. The third-order valence-electron chi connectivity index (χ3n) is 2.94. The van der Waals surface area contributed by atoms with Gasteiger partial charge in [0.1, 0.15) is 11.4 Å². The molecule has 3 N–H and O–H groups in total. The van der Waals surface area contributed by atoms with Crippen molar-refractivity contribution >= 4 is 11.7 Å². The van der Waals surface area contributed by atoms with Crippen molar-refractivity contribution in [3.05, 3.63) is 23.9 Å². The monoisotopic (exact) mass is 261 g/mol. The van der Waals surface area contributed by atoms with Gasteiger partial charge in [-0.25, -0.2) is 4.98 Å². The van der Waals surface area contributed by atoms with Crippen LogP contribution in [-0.2, 0) is 9.53 Å². The van der Waals surface area contributed by atoms with E-state index >= 15 is 0 Å². The van der Waals surface area contributed by atoms with E-state index in [9.17, 15) is 4.79 Å². The van der Waals surface area contributed by atoms with Crippen molar-refractivity contribution < 1.29 is 9.53 Å². The predicted molar refractivity (Wildman–Crippen MR) is 74.5 cm³/mol. The molecular formula is C14H19N3O2. The number of carbonyl (C=O) groups is 1. The zero-order chi connectivity index (χ0) is 14.3. The van der Waals surface area contributed by atoms with Crippen LogP contribution in [-0.4, -0.2) is 30.1 Å². The Morgan fingerprint density at radius 3 is 2.95 bits per heavy atom. The lowest BCUT2D eigenvalue weighted by molar-refractivity contribution is -0.136. The molecule has 0 fully saturated rings. The number of nitrogens with zero attached hydrogens (tertiary/aromatic N) is 1. The van der Waals surface area contributed by atoms with E-state index in [1.165, 1.54) is 7.11 Å². The Morgan fingerprint density at radius 1 is 1.63 bits per heavy atom. The van der Waals surface area contributed by atoms with Crippen LogP contribution < -0.4 is 11.1 Å². The highest BCUT2D eigenvalue weighted by Gasteiger charge is 2.31. The predicted octanol–water partition coefficient (Wildman–Crippen LogP) is 1.15. The maximum absolute atomic E-state index is 12.1. The summed E-state index contributed by atoms with van der Waals surface area (Å²) < 4.78 is 5.23. The van der Waals surface area contributed by atoms with Crippen molar-refractivity contribution in [2.24, 2.45) is 5.73 Å². The summed E-state index contributed by atoms with van der Waals surface area (Å²) in [4.78, 5) is 16.2. The van der Waals surface area contributed by atoms with E-state index in [0.29, 0.717) is 18.8 Å². The molecule has 0 radical (unpaired) electrons. The Balaban J connectivity index is 2.85. The number of rotatable bonds is 4. The van der Waals surface area contributed by atoms with E-state index in [2.05, 4.69) is 22.1 Å². The number of pyridine rings is 1. The molecule has 1 aromatic heterocycles. The smallest absolute Gasteiger partial charge is 0.257 e. The Bertz CT molecular complexity index is 499. The Labute approximate surface area is 113 Å². The van der Waals surface area contributed by atoms with Crippen LogP contribution in [0.25, 0.3) is 0 Å². The van der Waals surface area contributed by atoms with Crippen LogP contribution in [0.3, 0.4) is 0 Å². The highest BCUT2D eigenvalue weighted by Crippen LogP contribution is 2.17. The first kappa shape index (κ1) is 15.2. The molecule has 19 heavy (non-hydrogen) atoms. The van der Waals surface area contributed by atoms with Crippen molar-refractivity contribution in [1.29, 1.82) is 0 Å². The normalized spacial score (nSPS) is 13.1. The first-order valence-corrected chi connectivity index (χ1v) is 6.07. The average Bonchev–Trinajstić information content (AvgIpc) is 2.44. The summed E-state index contributed by atoms with van der Waals surface area (Å²) in [5.41, 5.74) is 5.21. The van der Waals surface area contributed by atoms with E-state index in [1.54, 1.807) is 25.3 Å². The van der Waals surface area contributed by atoms with Crippen molar-refractivity contribution in [3.63, 3.8) is 0 Å². The number of carbonyl (C=O) groups excluding carboxylic acids is 1. The number of methoxy groups -OCH3 is 1. The maximum Gasteiger partial charge on any atom is 0.257 e. The van der Waals surface area contributed by atoms with Crippen molar-refractivity contribution in [2.45, 2.75) is 25.9 Å². The summed E-state index contributed by atoms with van der Waals surface area (Å²) >= 11 is 0. The number of amides is 1. The van der Waals surface area contributed by atoms with E-state index in [0.717, 1.165) is 5.56 Å². The molecule has 1 rings (SSSR count). The summed E-state index contributed by atoms with van der Waals surface area (Å²) in [6, 6.07) is 3.46. The maximum atomic E-state index is 12.1. The van der Waals surface area contributed by atoms with Gasteiger partial charge in [0, 0.05) is 18.9 Å². The molecular weight excluding hydrogens is 242 g/mol. The van der Waals surface area contributed by atoms with E-state index < -0.39 is 5.60 Å². The number of hydrogen-bond donors (Lipinski definition) is 2. The quantitative estimate of drug-likeness (QED) is 0.797. The minimum absolute atomic E-state index is 0.228. The number of nitrogens with two attached hydrogens (primary N) is 1. The summed E-state index contributed by atoms with van der Waals surface area (Å²) in [6.45, 7) is 3.92. The Morgan fingerprint density at radius 2 is 2.37 bits per heavy atom. The van der Waals surface area contributed by atoms with Gasteiger partial charge in [-0.15, -0.1) is 0 Å². The minimum Gasteiger partial charge on any atom is -0.369 e. The fourth-order valence-corrected chi connectivity index (χ4v) is 1.38. The lowest BCUT2D eigenvalue weighted by Crippen LogP contribution is -2.41. The zero-order valence-corrected chi connectivity index (χ0v) is 11.5. The molecule has 0 spiro atoms. The average molecular weight is 261 g/mol. The van der Waals surface area contributed by atoms with Crippen LogP contribution in [0.1, 0.15) is 25.8 Å². The van der Waals surface area contributed by atoms with Crippen LogP contribution in [0.4, 0.5) is 5.82 Å². The van der Waals surface area contributed by atoms with Gasteiger partial charge in [0.15, 0.2) is 0 Å². The number of nitrogens with one attached hydrogen (secondary N) is 1. The lowest BCUT2D eigenvalue weighted by atomic mass is 10.0. The first-order valence-electron chi connectivity index (χ1n) is 6.07. The second-order valence-corrected chi connectivity index (χ2v) is 4.18. The molecule has 5 nitrogen and oxygen atoms in total. The molecule has 102 valence electrons. The molecule has 0 aliphatic carbocycles. The molecule has 0 aliphatic rings. The van der Waals surface area contributed by atoms with Gasteiger partial charge in [-0.05, 0) is 25.5 Å². The second kappa shape index (κ2) is 6.88. The molecule has 1 heterocycles. The largest absolute Gasteiger partial charge is 0.369 e. The number of aromatic nitrogens is 1. The molecule has 1 unspecified atom stereocenters. The Hall–Kier alpha value is -1.90. The van der Waals surface area contributed by atoms with Crippen LogP contribution in [0.5, 0.6) is 0 Å².